The largest absolute Gasteiger partial charge is 0.362 e. The Kier molecular flexibility index (Phi) is 3.28. The summed E-state index contributed by atoms with van der Waals surface area (Å²) in [5.74, 6) is 0. The van der Waals surface area contributed by atoms with Crippen LogP contribution in [0.15, 0.2) is 0 Å². The van der Waals surface area contributed by atoms with Gasteiger partial charge in [0.25, 0.3) is 10.2 Å². The number of ether oxygens (including phenoxy) is 1. The molecule has 0 radical (unpaired) electrons. The van der Waals surface area contributed by atoms with E-state index in [1.54, 1.807) is 6.92 Å². The van der Waals surface area contributed by atoms with Crippen LogP contribution in [0.4, 0.5) is 0 Å². The zero-order valence-corrected chi connectivity index (χ0v) is 9.04. The summed E-state index contributed by atoms with van der Waals surface area (Å²) in [5.41, 5.74) is 0. The van der Waals surface area contributed by atoms with Crippen LogP contribution >= 0.6 is 0 Å². The van der Waals surface area contributed by atoms with Crippen molar-refractivity contribution in [2.75, 3.05) is 27.2 Å². The maximum atomic E-state index is 11.7. The van der Waals surface area contributed by atoms with E-state index in [0.717, 1.165) is 6.42 Å². The van der Waals surface area contributed by atoms with E-state index in [1.165, 1.54) is 22.7 Å². The molecular weight excluding hydrogens is 192 g/mol. The highest BCUT2D eigenvalue weighted by Crippen LogP contribution is 2.15. The molecule has 13 heavy (non-hydrogen) atoms. The minimum atomic E-state index is -3.31. The number of hydrogen-bond donors (Lipinski definition) is 0. The van der Waals surface area contributed by atoms with E-state index in [4.69, 9.17) is 4.74 Å². The molecule has 0 saturated carbocycles. The number of nitrogens with zero attached hydrogens (tertiary/aromatic N) is 2. The third kappa shape index (κ3) is 2.19. The summed E-state index contributed by atoms with van der Waals surface area (Å²) < 4.78 is 31.2. The predicted octanol–water partition coefficient (Wildman–Crippen LogP) is -0.139. The third-order valence-corrected chi connectivity index (χ3v) is 4.04. The maximum absolute atomic E-state index is 11.7. The molecule has 1 unspecified atom stereocenters. The Morgan fingerprint density at radius 1 is 1.46 bits per heavy atom. The van der Waals surface area contributed by atoms with Gasteiger partial charge in [0.1, 0.15) is 6.23 Å². The second kappa shape index (κ2) is 3.91. The van der Waals surface area contributed by atoms with Crippen molar-refractivity contribution < 1.29 is 13.2 Å². The minimum Gasteiger partial charge on any atom is -0.362 e. The van der Waals surface area contributed by atoms with Gasteiger partial charge in [0.05, 0.1) is 0 Å². The molecule has 6 heteroatoms. The number of rotatable bonds is 2. The van der Waals surface area contributed by atoms with Gasteiger partial charge in [0.2, 0.25) is 0 Å². The number of hydrogen-bond acceptors (Lipinski definition) is 3. The highest BCUT2D eigenvalue weighted by Gasteiger charge is 2.31. The van der Waals surface area contributed by atoms with Crippen LogP contribution in [-0.4, -0.2) is 50.5 Å². The Labute approximate surface area is 79.5 Å². The lowest BCUT2D eigenvalue weighted by atomic mass is 10.4. The molecule has 1 aliphatic rings. The first kappa shape index (κ1) is 10.9. The molecule has 1 heterocycles. The van der Waals surface area contributed by atoms with Gasteiger partial charge in [-0.1, -0.05) is 0 Å². The molecule has 0 N–H and O–H groups in total. The summed E-state index contributed by atoms with van der Waals surface area (Å²) in [4.78, 5) is 0. The lowest BCUT2D eigenvalue weighted by Crippen LogP contribution is -2.49. The first-order valence-corrected chi connectivity index (χ1v) is 5.67. The average Bonchev–Trinajstić information content (AvgIpc) is 2.04. The van der Waals surface area contributed by atoms with Gasteiger partial charge in [-0.3, -0.25) is 0 Å². The summed E-state index contributed by atoms with van der Waals surface area (Å²) in [6, 6.07) is 0. The molecule has 1 saturated heterocycles. The van der Waals surface area contributed by atoms with Gasteiger partial charge in [-0.2, -0.15) is 17.0 Å². The monoisotopic (exact) mass is 208 g/mol. The predicted molar refractivity (Wildman–Crippen MR) is 49.3 cm³/mol. The van der Waals surface area contributed by atoms with Gasteiger partial charge in [0, 0.05) is 27.2 Å². The van der Waals surface area contributed by atoms with Crippen LogP contribution in [0.2, 0.25) is 0 Å². The molecule has 1 fully saturated rings. The standard InChI is InChI=1S/C7H16N2O3S/c1-7-9(5-4-6-12-7)13(10,11)8(2)3/h7H,4-6H2,1-3H3. The van der Waals surface area contributed by atoms with Crippen LogP contribution in [0.25, 0.3) is 0 Å². The summed E-state index contributed by atoms with van der Waals surface area (Å²) >= 11 is 0. The lowest BCUT2D eigenvalue weighted by Gasteiger charge is -2.33. The van der Waals surface area contributed by atoms with Crippen LogP contribution < -0.4 is 0 Å². The van der Waals surface area contributed by atoms with Crippen molar-refractivity contribution in [3.63, 3.8) is 0 Å². The molecule has 0 amide bonds. The Morgan fingerprint density at radius 3 is 2.54 bits per heavy atom. The maximum Gasteiger partial charge on any atom is 0.283 e. The Balaban J connectivity index is 2.80. The SMILES string of the molecule is CC1OCCCN1S(=O)(=O)N(C)C. The zero-order chi connectivity index (χ0) is 10.1. The highest BCUT2D eigenvalue weighted by molar-refractivity contribution is 7.86. The van der Waals surface area contributed by atoms with Crippen LogP contribution in [0.5, 0.6) is 0 Å². The molecule has 0 aromatic carbocycles. The molecule has 1 rings (SSSR count). The molecule has 1 aliphatic heterocycles. The second-order valence-electron chi connectivity index (χ2n) is 3.22. The van der Waals surface area contributed by atoms with Crippen LogP contribution in [0.3, 0.4) is 0 Å². The fourth-order valence-electron chi connectivity index (χ4n) is 1.25. The molecule has 0 aliphatic carbocycles. The second-order valence-corrected chi connectivity index (χ2v) is 5.32. The fraction of sp³-hybridized carbons (Fsp3) is 1.00. The topological polar surface area (TPSA) is 49.9 Å². The smallest absolute Gasteiger partial charge is 0.283 e. The zero-order valence-electron chi connectivity index (χ0n) is 8.23. The summed E-state index contributed by atoms with van der Waals surface area (Å²) in [6.07, 6.45) is 0.415. The van der Waals surface area contributed by atoms with E-state index in [9.17, 15) is 8.42 Å². The van der Waals surface area contributed by atoms with Gasteiger partial charge in [-0.15, -0.1) is 0 Å². The van der Waals surface area contributed by atoms with Crippen LogP contribution in [0, 0.1) is 0 Å². The van der Waals surface area contributed by atoms with E-state index < -0.39 is 10.2 Å². The first-order valence-electron chi connectivity index (χ1n) is 4.27. The van der Waals surface area contributed by atoms with Crippen molar-refractivity contribution in [2.45, 2.75) is 19.6 Å². The molecule has 78 valence electrons. The van der Waals surface area contributed by atoms with Crippen molar-refractivity contribution in [1.29, 1.82) is 0 Å². The van der Waals surface area contributed by atoms with Crippen molar-refractivity contribution in [3.8, 4) is 0 Å². The summed E-state index contributed by atoms with van der Waals surface area (Å²) in [6.45, 7) is 2.93. The molecule has 5 nitrogen and oxygen atoms in total. The van der Waals surface area contributed by atoms with Gasteiger partial charge in [0.15, 0.2) is 0 Å². The average molecular weight is 208 g/mol. The highest BCUT2D eigenvalue weighted by atomic mass is 32.2. The lowest BCUT2D eigenvalue weighted by molar-refractivity contribution is -0.0430. The van der Waals surface area contributed by atoms with E-state index in [2.05, 4.69) is 0 Å². The molecule has 1 atom stereocenters. The minimum absolute atomic E-state index is 0.346. The van der Waals surface area contributed by atoms with Crippen molar-refractivity contribution >= 4 is 10.2 Å². The quantitative estimate of drug-likeness (QED) is 0.634. The Morgan fingerprint density at radius 2 is 2.08 bits per heavy atom. The third-order valence-electron chi connectivity index (χ3n) is 2.05. The van der Waals surface area contributed by atoms with E-state index in [0.29, 0.717) is 13.2 Å². The van der Waals surface area contributed by atoms with Gasteiger partial charge in [-0.05, 0) is 13.3 Å². The fourth-order valence-corrected chi connectivity index (χ4v) is 2.47. The molecule has 0 aromatic heterocycles. The van der Waals surface area contributed by atoms with Gasteiger partial charge >= 0.3 is 0 Å². The van der Waals surface area contributed by atoms with Gasteiger partial charge in [-0.25, -0.2) is 0 Å². The van der Waals surface area contributed by atoms with Crippen LogP contribution in [-0.2, 0) is 14.9 Å². The normalized spacial score (nSPS) is 26.6. The Hall–Kier alpha value is -0.170. The summed E-state index contributed by atoms with van der Waals surface area (Å²) in [7, 11) is -0.259. The summed E-state index contributed by atoms with van der Waals surface area (Å²) in [5, 5.41) is 0. The van der Waals surface area contributed by atoms with Crippen molar-refractivity contribution in [1.82, 2.24) is 8.61 Å². The Bertz CT molecular complexity index is 263. The first-order chi connectivity index (χ1) is 5.96. The van der Waals surface area contributed by atoms with Crippen molar-refractivity contribution in [2.24, 2.45) is 0 Å². The van der Waals surface area contributed by atoms with Crippen molar-refractivity contribution in [3.05, 3.63) is 0 Å². The van der Waals surface area contributed by atoms with Crippen LogP contribution in [0.1, 0.15) is 13.3 Å². The van der Waals surface area contributed by atoms with E-state index in [1.807, 2.05) is 0 Å². The molecule has 0 aromatic rings. The molecule has 0 bridgehead atoms. The van der Waals surface area contributed by atoms with E-state index in [-0.39, 0.29) is 6.23 Å². The molecular formula is C7H16N2O3S. The van der Waals surface area contributed by atoms with Gasteiger partial charge < -0.3 is 4.74 Å². The van der Waals surface area contributed by atoms with E-state index >= 15 is 0 Å². The molecule has 0 spiro atoms.